The molecular weight excluding hydrogens is 276 g/mol. The molecule has 2 rings (SSSR count). The van der Waals surface area contributed by atoms with Crippen molar-refractivity contribution in [2.24, 2.45) is 11.8 Å². The zero-order chi connectivity index (χ0) is 14.5. The zero-order valence-electron chi connectivity index (χ0n) is 11.6. The molecule has 0 bridgehead atoms. The van der Waals surface area contributed by atoms with Crippen molar-refractivity contribution >= 4 is 28.3 Å². The molecule has 1 heterocycles. The summed E-state index contributed by atoms with van der Waals surface area (Å²) in [6.45, 7) is 3.98. The number of rotatable bonds is 4. The van der Waals surface area contributed by atoms with Crippen LogP contribution in [0.1, 0.15) is 37.2 Å². The molecule has 1 aliphatic rings. The summed E-state index contributed by atoms with van der Waals surface area (Å²) >= 11 is 1.21. The van der Waals surface area contributed by atoms with Crippen molar-refractivity contribution in [1.82, 2.24) is 4.98 Å². The number of hydrogen-bond donors (Lipinski definition) is 1. The lowest BCUT2D eigenvalue weighted by Gasteiger charge is -2.24. The molecular formula is C14H18N2O3S. The van der Waals surface area contributed by atoms with Crippen molar-refractivity contribution in [1.29, 1.82) is 0 Å². The predicted octanol–water partition coefficient (Wildman–Crippen LogP) is 2.86. The van der Waals surface area contributed by atoms with E-state index in [0.29, 0.717) is 23.6 Å². The van der Waals surface area contributed by atoms with Crippen molar-refractivity contribution in [2.45, 2.75) is 26.7 Å². The second-order valence-corrected chi connectivity index (χ2v) is 5.86. The summed E-state index contributed by atoms with van der Waals surface area (Å²) < 4.78 is 5.31. The van der Waals surface area contributed by atoms with Gasteiger partial charge in [0.15, 0.2) is 10.8 Å². The normalized spacial score (nSPS) is 21.5. The largest absolute Gasteiger partial charge is 0.461 e. The second kappa shape index (κ2) is 6.65. The summed E-state index contributed by atoms with van der Waals surface area (Å²) in [5, 5.41) is 4.55. The predicted molar refractivity (Wildman–Crippen MR) is 77.7 cm³/mol. The number of thiazole rings is 1. The van der Waals surface area contributed by atoms with Gasteiger partial charge in [-0.1, -0.05) is 19.1 Å². The summed E-state index contributed by atoms with van der Waals surface area (Å²) in [5.74, 6) is 0.261. The van der Waals surface area contributed by atoms with Crippen LogP contribution in [0.15, 0.2) is 17.5 Å². The number of hydrogen-bond acceptors (Lipinski definition) is 5. The van der Waals surface area contributed by atoms with Crippen LogP contribution in [0.5, 0.6) is 0 Å². The third kappa shape index (κ3) is 3.90. The highest BCUT2D eigenvalue weighted by Gasteiger charge is 2.21. The number of ether oxygens (including phenoxy) is 1. The van der Waals surface area contributed by atoms with Gasteiger partial charge >= 0.3 is 5.97 Å². The molecule has 0 aromatic carbocycles. The summed E-state index contributed by atoms with van der Waals surface area (Å²) in [6, 6.07) is 0. The number of amides is 1. The Morgan fingerprint density at radius 3 is 2.90 bits per heavy atom. The van der Waals surface area contributed by atoms with E-state index < -0.39 is 5.97 Å². The van der Waals surface area contributed by atoms with Crippen molar-refractivity contribution in [3.63, 3.8) is 0 Å². The van der Waals surface area contributed by atoms with Crippen LogP contribution in [-0.2, 0) is 9.53 Å². The molecule has 6 heteroatoms. The number of allylic oxidation sites excluding steroid dienone is 2. The first-order chi connectivity index (χ1) is 9.56. The number of anilines is 1. The Hall–Kier alpha value is -1.69. The van der Waals surface area contributed by atoms with E-state index >= 15 is 0 Å². The standard InChI is InChI=1S/C14H18N2O3S/c1-9-5-3-4-6-11(9)7-19-13(18)12-8-20-14(16-12)15-10(2)17/h3-4,8-9,11H,5-7H2,1-2H3,(H,15,16,17)/t9-,11-/m0/s1. The molecule has 1 N–H and O–H groups in total. The summed E-state index contributed by atoms with van der Waals surface area (Å²) in [4.78, 5) is 26.8. The van der Waals surface area contributed by atoms with Crippen molar-refractivity contribution in [2.75, 3.05) is 11.9 Å². The molecule has 1 amide bonds. The van der Waals surface area contributed by atoms with E-state index in [9.17, 15) is 9.59 Å². The van der Waals surface area contributed by atoms with Gasteiger partial charge in [0.05, 0.1) is 6.61 Å². The SMILES string of the molecule is CC(=O)Nc1nc(C(=O)OC[C@@H]2CC=CC[C@@H]2C)cs1. The van der Waals surface area contributed by atoms with E-state index in [-0.39, 0.29) is 11.6 Å². The van der Waals surface area contributed by atoms with Crippen LogP contribution in [-0.4, -0.2) is 23.5 Å². The van der Waals surface area contributed by atoms with Gasteiger partial charge in [-0.05, 0) is 24.7 Å². The van der Waals surface area contributed by atoms with Crippen molar-refractivity contribution < 1.29 is 14.3 Å². The monoisotopic (exact) mass is 294 g/mol. The number of nitrogens with one attached hydrogen (secondary N) is 1. The molecule has 0 saturated heterocycles. The summed E-state index contributed by atoms with van der Waals surface area (Å²) in [7, 11) is 0. The lowest BCUT2D eigenvalue weighted by atomic mass is 9.85. The fourth-order valence-electron chi connectivity index (χ4n) is 2.07. The Kier molecular flexibility index (Phi) is 4.89. The van der Waals surface area contributed by atoms with Crippen LogP contribution < -0.4 is 5.32 Å². The van der Waals surface area contributed by atoms with E-state index in [1.165, 1.54) is 18.3 Å². The maximum absolute atomic E-state index is 11.9. The minimum Gasteiger partial charge on any atom is -0.461 e. The van der Waals surface area contributed by atoms with Crippen molar-refractivity contribution in [3.05, 3.63) is 23.2 Å². The molecule has 20 heavy (non-hydrogen) atoms. The molecule has 108 valence electrons. The third-order valence-electron chi connectivity index (χ3n) is 3.34. The quantitative estimate of drug-likeness (QED) is 0.685. The van der Waals surface area contributed by atoms with Gasteiger partial charge in [0.25, 0.3) is 0 Å². The van der Waals surface area contributed by atoms with E-state index in [2.05, 4.69) is 29.4 Å². The topological polar surface area (TPSA) is 68.3 Å². The molecule has 0 fully saturated rings. The number of nitrogens with zero attached hydrogens (tertiary/aromatic N) is 1. The summed E-state index contributed by atoms with van der Waals surface area (Å²) in [5.41, 5.74) is 0.248. The average molecular weight is 294 g/mol. The van der Waals surface area contributed by atoms with Gasteiger partial charge in [0.2, 0.25) is 5.91 Å². The molecule has 0 saturated carbocycles. The first kappa shape index (κ1) is 14.7. The maximum atomic E-state index is 11.9. The molecule has 1 aromatic heterocycles. The van der Waals surface area contributed by atoms with Crippen molar-refractivity contribution in [3.8, 4) is 0 Å². The van der Waals surface area contributed by atoms with E-state index in [1.54, 1.807) is 5.38 Å². The van der Waals surface area contributed by atoms with Gasteiger partial charge in [-0.3, -0.25) is 4.79 Å². The Bertz CT molecular complexity index is 524. The second-order valence-electron chi connectivity index (χ2n) is 5.00. The Balaban J connectivity index is 1.86. The van der Waals surface area contributed by atoms with Gasteiger partial charge in [-0.15, -0.1) is 11.3 Å². The van der Waals surface area contributed by atoms with Gasteiger partial charge in [-0.25, -0.2) is 9.78 Å². The number of carbonyl (C=O) groups excluding carboxylic acids is 2. The van der Waals surface area contributed by atoms with E-state index in [4.69, 9.17) is 4.74 Å². The smallest absolute Gasteiger partial charge is 0.357 e. The number of esters is 1. The van der Waals surface area contributed by atoms with Crippen LogP contribution >= 0.6 is 11.3 Å². The minimum atomic E-state index is -0.431. The molecule has 0 unspecified atom stereocenters. The highest BCUT2D eigenvalue weighted by atomic mass is 32.1. The van der Waals surface area contributed by atoms with Gasteiger partial charge in [-0.2, -0.15) is 0 Å². The van der Waals surface area contributed by atoms with Gasteiger partial charge < -0.3 is 10.1 Å². The van der Waals surface area contributed by atoms with Crippen LogP contribution in [0.2, 0.25) is 0 Å². The molecule has 0 radical (unpaired) electrons. The van der Waals surface area contributed by atoms with E-state index in [1.807, 2.05) is 0 Å². The zero-order valence-corrected chi connectivity index (χ0v) is 12.4. The number of aromatic nitrogens is 1. The fourth-order valence-corrected chi connectivity index (χ4v) is 2.80. The maximum Gasteiger partial charge on any atom is 0.357 e. The highest BCUT2D eigenvalue weighted by Crippen LogP contribution is 2.25. The minimum absolute atomic E-state index is 0.206. The summed E-state index contributed by atoms with van der Waals surface area (Å²) in [6.07, 6.45) is 6.29. The van der Waals surface area contributed by atoms with Crippen LogP contribution in [0.3, 0.4) is 0 Å². The Labute approximate surface area is 122 Å². The van der Waals surface area contributed by atoms with Crippen LogP contribution in [0.4, 0.5) is 5.13 Å². The highest BCUT2D eigenvalue weighted by molar-refractivity contribution is 7.14. The Morgan fingerprint density at radius 1 is 1.45 bits per heavy atom. The molecule has 0 aliphatic heterocycles. The fraction of sp³-hybridized carbons (Fsp3) is 0.500. The molecule has 1 aliphatic carbocycles. The third-order valence-corrected chi connectivity index (χ3v) is 4.10. The molecule has 2 atom stereocenters. The molecule has 5 nitrogen and oxygen atoms in total. The van der Waals surface area contributed by atoms with Crippen LogP contribution in [0, 0.1) is 11.8 Å². The number of carbonyl (C=O) groups is 2. The lowest BCUT2D eigenvalue weighted by molar-refractivity contribution is -0.114. The molecule has 0 spiro atoms. The first-order valence-corrected chi connectivity index (χ1v) is 7.49. The molecule has 1 aromatic rings. The van der Waals surface area contributed by atoms with Gasteiger partial charge in [0.1, 0.15) is 0 Å². The van der Waals surface area contributed by atoms with Crippen LogP contribution in [0.25, 0.3) is 0 Å². The lowest BCUT2D eigenvalue weighted by Crippen LogP contribution is -2.21. The first-order valence-electron chi connectivity index (χ1n) is 6.61. The average Bonchev–Trinajstić information content (AvgIpc) is 2.85. The Morgan fingerprint density at radius 2 is 2.20 bits per heavy atom. The van der Waals surface area contributed by atoms with Gasteiger partial charge in [0, 0.05) is 12.3 Å². The van der Waals surface area contributed by atoms with E-state index in [0.717, 1.165) is 12.8 Å².